The van der Waals surface area contributed by atoms with Gasteiger partial charge >= 0.3 is 13.5 Å². The van der Waals surface area contributed by atoms with Crippen LogP contribution in [0.1, 0.15) is 0 Å². The molecule has 1 aliphatic heterocycles. The van der Waals surface area contributed by atoms with Gasteiger partial charge in [-0.1, -0.05) is 0 Å². The Labute approximate surface area is 129 Å². The Kier molecular flexibility index (Phi) is 4.89. The van der Waals surface area contributed by atoms with Crippen LogP contribution in [-0.2, 0) is 19.6 Å². The van der Waals surface area contributed by atoms with Gasteiger partial charge in [-0.25, -0.2) is 9.36 Å². The first kappa shape index (κ1) is 18.0. The highest BCUT2D eigenvalue weighted by Gasteiger charge is 2.56. The smallest absolute Gasteiger partial charge is 0.391 e. The van der Waals surface area contributed by atoms with Gasteiger partial charge in [-0.05, 0) is 6.07 Å². The molecule has 0 amide bonds. The van der Waals surface area contributed by atoms with E-state index in [0.29, 0.717) is 0 Å². The lowest BCUT2D eigenvalue weighted by atomic mass is 10.0. The van der Waals surface area contributed by atoms with Gasteiger partial charge in [0.25, 0.3) is 0 Å². The highest BCUT2D eigenvalue weighted by atomic mass is 31.2. The van der Waals surface area contributed by atoms with E-state index in [-0.39, 0.29) is 5.82 Å². The molecule has 130 valence electrons. The van der Waals surface area contributed by atoms with Crippen molar-refractivity contribution in [2.45, 2.75) is 24.0 Å². The van der Waals surface area contributed by atoms with Crippen LogP contribution in [0.5, 0.6) is 0 Å². The summed E-state index contributed by atoms with van der Waals surface area (Å²) >= 11 is 0. The van der Waals surface area contributed by atoms with Crippen LogP contribution in [0.15, 0.2) is 17.1 Å². The maximum atomic E-state index is 11.9. The van der Waals surface area contributed by atoms with E-state index < -0.39 is 50.8 Å². The van der Waals surface area contributed by atoms with Gasteiger partial charge in [0.1, 0.15) is 24.1 Å². The molecule has 23 heavy (non-hydrogen) atoms. The van der Waals surface area contributed by atoms with E-state index >= 15 is 0 Å². The van der Waals surface area contributed by atoms with E-state index in [1.165, 1.54) is 6.07 Å². The lowest BCUT2D eigenvalue weighted by molar-refractivity contribution is -0.173. The minimum Gasteiger partial charge on any atom is -0.391 e. The molecule has 7 N–H and O–H groups in total. The van der Waals surface area contributed by atoms with Crippen LogP contribution in [0.25, 0.3) is 0 Å². The van der Waals surface area contributed by atoms with Gasteiger partial charge in [-0.2, -0.15) is 4.98 Å². The van der Waals surface area contributed by atoms with Gasteiger partial charge in [-0.3, -0.25) is 9.09 Å². The Hall–Kier alpha value is -1.37. The molecular weight excluding hydrogens is 337 g/mol. The van der Waals surface area contributed by atoms with Gasteiger partial charge in [0.05, 0.1) is 13.2 Å². The Bertz CT molecular complexity index is 676. The third-order valence-electron chi connectivity index (χ3n) is 3.39. The van der Waals surface area contributed by atoms with Crippen LogP contribution >= 0.6 is 7.82 Å². The number of nitrogens with zero attached hydrogens (tertiary/aromatic N) is 2. The number of nitrogen functional groups attached to an aromatic ring is 1. The molecule has 2 heterocycles. The molecule has 0 aromatic carbocycles. The molecule has 0 bridgehead atoms. The molecule has 1 fully saturated rings. The first-order valence-corrected chi connectivity index (χ1v) is 7.84. The maximum Gasteiger partial charge on any atom is 0.469 e. The second-order valence-electron chi connectivity index (χ2n) is 4.89. The zero-order chi connectivity index (χ0) is 17.4. The minimum atomic E-state index is -4.84. The second-order valence-corrected chi connectivity index (χ2v) is 6.13. The van der Waals surface area contributed by atoms with Crippen LogP contribution in [0, 0.1) is 0 Å². The number of hydrogen-bond acceptors (Lipinski definition) is 9. The summed E-state index contributed by atoms with van der Waals surface area (Å²) in [7, 11) is -4.84. The number of ether oxygens (including phenoxy) is 1. The van der Waals surface area contributed by atoms with E-state index in [0.717, 1.165) is 10.8 Å². The van der Waals surface area contributed by atoms with Crippen LogP contribution < -0.4 is 11.4 Å². The fraction of sp³-hybridized carbons (Fsp3) is 0.600. The molecule has 4 atom stereocenters. The zero-order valence-corrected chi connectivity index (χ0v) is 12.5. The van der Waals surface area contributed by atoms with E-state index in [4.69, 9.17) is 20.3 Å². The van der Waals surface area contributed by atoms with Crippen molar-refractivity contribution >= 4 is 13.6 Å². The maximum absolute atomic E-state index is 11.9. The number of aliphatic hydroxyl groups excluding tert-OH is 3. The van der Waals surface area contributed by atoms with Crippen molar-refractivity contribution in [3.8, 4) is 0 Å². The van der Waals surface area contributed by atoms with Crippen molar-refractivity contribution in [2.24, 2.45) is 0 Å². The quantitative estimate of drug-likeness (QED) is 0.290. The van der Waals surface area contributed by atoms with E-state index in [1.54, 1.807) is 0 Å². The summed E-state index contributed by atoms with van der Waals surface area (Å²) in [5.41, 5.74) is 2.30. The molecule has 2 rings (SSSR count). The number of anilines is 1. The number of phosphoric acid groups is 1. The Morgan fingerprint density at radius 3 is 2.65 bits per heavy atom. The van der Waals surface area contributed by atoms with Gasteiger partial charge in [0.15, 0.2) is 0 Å². The summed E-state index contributed by atoms with van der Waals surface area (Å²) in [4.78, 5) is 32.7. The van der Waals surface area contributed by atoms with E-state index in [1.807, 2.05) is 0 Å². The molecule has 1 aromatic heterocycles. The summed E-state index contributed by atoms with van der Waals surface area (Å²) in [5.74, 6) is -0.103. The lowest BCUT2D eigenvalue weighted by Gasteiger charge is -2.31. The molecule has 1 aliphatic rings. The van der Waals surface area contributed by atoms with Crippen molar-refractivity contribution in [1.29, 1.82) is 0 Å². The predicted octanol–water partition coefficient (Wildman–Crippen LogP) is -3.30. The summed E-state index contributed by atoms with van der Waals surface area (Å²) in [5, 5.41) is 29.7. The molecule has 0 aliphatic carbocycles. The van der Waals surface area contributed by atoms with Gasteiger partial charge in [-0.15, -0.1) is 0 Å². The number of rotatable bonds is 5. The highest BCUT2D eigenvalue weighted by Crippen LogP contribution is 2.39. The fourth-order valence-corrected chi connectivity index (χ4v) is 2.63. The third-order valence-corrected chi connectivity index (χ3v) is 3.87. The number of aromatic nitrogens is 2. The Morgan fingerprint density at radius 1 is 1.48 bits per heavy atom. The van der Waals surface area contributed by atoms with Gasteiger partial charge in [0, 0.05) is 6.20 Å². The predicted molar refractivity (Wildman–Crippen MR) is 72.9 cm³/mol. The summed E-state index contributed by atoms with van der Waals surface area (Å²) in [6.07, 6.45) is -3.78. The van der Waals surface area contributed by atoms with Crippen LogP contribution in [0.3, 0.4) is 0 Å². The van der Waals surface area contributed by atoms with Crippen molar-refractivity contribution < 1.29 is 38.9 Å². The first-order chi connectivity index (χ1) is 10.6. The number of aliphatic hydroxyl groups is 3. The van der Waals surface area contributed by atoms with Crippen LogP contribution in [0.2, 0.25) is 0 Å². The van der Waals surface area contributed by atoms with Gasteiger partial charge < -0.3 is 35.6 Å². The fourth-order valence-electron chi connectivity index (χ4n) is 2.29. The average molecular weight is 353 g/mol. The molecule has 1 saturated heterocycles. The summed E-state index contributed by atoms with van der Waals surface area (Å²) in [6.45, 7) is -1.70. The number of phosphoric ester groups is 1. The SMILES string of the molecule is Nc1ccn([C@]2(CO)O[C@H](COP(=O)(O)O)[C@@H](O)[C@H]2O)c(=O)n1. The molecular formula is C10H16N3O9P. The lowest BCUT2D eigenvalue weighted by Crippen LogP contribution is -2.53. The zero-order valence-electron chi connectivity index (χ0n) is 11.6. The topological polar surface area (TPSA) is 198 Å². The standard InChI is InChI=1S/C10H16N3O9P/c11-6-1-2-13(9(17)12-6)10(4-14)8(16)7(15)5(22-10)3-21-23(18,19)20/h1-2,5,7-8,14-16H,3-4H2,(H2,11,12,17)(H2,18,19,20)/t5-,7-,8-,10-/m1/s1. The van der Waals surface area contributed by atoms with Crippen molar-refractivity contribution in [1.82, 2.24) is 9.55 Å². The minimum absolute atomic E-state index is 0.103. The van der Waals surface area contributed by atoms with E-state index in [9.17, 15) is 24.7 Å². The number of hydrogen-bond donors (Lipinski definition) is 6. The van der Waals surface area contributed by atoms with Crippen molar-refractivity contribution in [3.05, 3.63) is 22.7 Å². The molecule has 0 spiro atoms. The monoisotopic (exact) mass is 353 g/mol. The summed E-state index contributed by atoms with van der Waals surface area (Å²) in [6, 6.07) is 1.21. The molecule has 13 heteroatoms. The average Bonchev–Trinajstić information content (AvgIpc) is 2.70. The molecule has 1 aromatic rings. The largest absolute Gasteiger partial charge is 0.469 e. The highest BCUT2D eigenvalue weighted by molar-refractivity contribution is 7.46. The van der Waals surface area contributed by atoms with Crippen molar-refractivity contribution in [3.63, 3.8) is 0 Å². The van der Waals surface area contributed by atoms with Crippen LogP contribution in [0.4, 0.5) is 5.82 Å². The summed E-state index contributed by atoms with van der Waals surface area (Å²) < 4.78 is 21.0. The normalized spacial score (nSPS) is 31.4. The van der Waals surface area contributed by atoms with Crippen molar-refractivity contribution in [2.75, 3.05) is 18.9 Å². The Balaban J connectivity index is 2.35. The third kappa shape index (κ3) is 3.44. The second kappa shape index (κ2) is 6.26. The molecule has 0 unspecified atom stereocenters. The van der Waals surface area contributed by atoms with Gasteiger partial charge in [0.2, 0.25) is 5.72 Å². The Morgan fingerprint density at radius 2 is 2.13 bits per heavy atom. The molecule has 0 radical (unpaired) electrons. The number of nitrogens with two attached hydrogens (primary N) is 1. The molecule has 12 nitrogen and oxygen atoms in total. The van der Waals surface area contributed by atoms with E-state index in [2.05, 4.69) is 9.51 Å². The van der Waals surface area contributed by atoms with Crippen LogP contribution in [-0.4, -0.2) is 66.2 Å². The first-order valence-electron chi connectivity index (χ1n) is 6.31. The molecule has 0 saturated carbocycles.